The van der Waals surface area contributed by atoms with Crippen molar-refractivity contribution in [1.29, 1.82) is 0 Å². The Balaban J connectivity index is 2.15. The molecule has 2 aliphatic rings. The molecule has 0 spiro atoms. The Morgan fingerprint density at radius 1 is 1.77 bits per heavy atom. The van der Waals surface area contributed by atoms with Crippen LogP contribution in [0, 0.1) is 0 Å². The van der Waals surface area contributed by atoms with Gasteiger partial charge < -0.3 is 4.74 Å². The number of nitrogens with zero attached hydrogens (tertiary/aromatic N) is 2. The number of hydrazine groups is 1. The second-order valence-electron chi connectivity index (χ2n) is 2.64. The first-order chi connectivity index (χ1) is 6.31. The molecule has 13 heavy (non-hydrogen) atoms. The van der Waals surface area contributed by atoms with Crippen molar-refractivity contribution in [3.8, 4) is 0 Å². The van der Waals surface area contributed by atoms with Gasteiger partial charge in [-0.25, -0.2) is 15.2 Å². The van der Waals surface area contributed by atoms with Crippen LogP contribution in [0.2, 0.25) is 0 Å². The van der Waals surface area contributed by atoms with E-state index in [9.17, 15) is 4.79 Å². The molecule has 0 aromatic heterocycles. The summed E-state index contributed by atoms with van der Waals surface area (Å²) in [5, 5.41) is 1.68. The lowest BCUT2D eigenvalue weighted by molar-refractivity contribution is -0.142. The molecule has 0 aromatic rings. The first-order valence-corrected chi connectivity index (χ1v) is 3.87. The average Bonchev–Trinajstić information content (AvgIpc) is 2.59. The van der Waals surface area contributed by atoms with Gasteiger partial charge in [0.05, 0.1) is 7.11 Å². The van der Waals surface area contributed by atoms with Gasteiger partial charge in [-0.15, -0.1) is 0 Å². The number of rotatable bonds is 1. The molecule has 2 rings (SSSR count). The monoisotopic (exact) mass is 179 g/mol. The van der Waals surface area contributed by atoms with Crippen LogP contribution < -0.4 is 5.43 Å². The van der Waals surface area contributed by atoms with Crippen molar-refractivity contribution in [2.24, 2.45) is 4.99 Å². The van der Waals surface area contributed by atoms with Gasteiger partial charge in [-0.05, 0) is 12.2 Å². The summed E-state index contributed by atoms with van der Waals surface area (Å²) in [6, 6.07) is -0.431. The molecule has 0 saturated heterocycles. The molecule has 1 N–H and O–H groups in total. The molecule has 2 heterocycles. The minimum Gasteiger partial charge on any atom is -0.468 e. The summed E-state index contributed by atoms with van der Waals surface area (Å²) in [6.07, 6.45) is 6.96. The maximum Gasteiger partial charge on any atom is 0.328 e. The van der Waals surface area contributed by atoms with Gasteiger partial charge >= 0.3 is 5.97 Å². The summed E-state index contributed by atoms with van der Waals surface area (Å²) in [7, 11) is 1.36. The number of hydrogen-bond acceptors (Lipinski definition) is 5. The number of esters is 1. The zero-order valence-electron chi connectivity index (χ0n) is 7.10. The Morgan fingerprint density at radius 2 is 2.62 bits per heavy atom. The van der Waals surface area contributed by atoms with Gasteiger partial charge in [0, 0.05) is 12.4 Å². The number of carbonyl (C=O) groups excluding carboxylic acids is 1. The highest BCUT2D eigenvalue weighted by atomic mass is 16.5. The lowest BCUT2D eigenvalue weighted by Crippen LogP contribution is -2.39. The van der Waals surface area contributed by atoms with Crippen molar-refractivity contribution < 1.29 is 9.53 Å². The van der Waals surface area contributed by atoms with E-state index in [1.165, 1.54) is 7.11 Å². The second kappa shape index (κ2) is 3.02. The zero-order chi connectivity index (χ0) is 9.26. The van der Waals surface area contributed by atoms with Crippen molar-refractivity contribution in [1.82, 2.24) is 10.4 Å². The lowest BCUT2D eigenvalue weighted by Gasteiger charge is -2.17. The summed E-state index contributed by atoms with van der Waals surface area (Å²) in [4.78, 5) is 15.2. The fourth-order valence-corrected chi connectivity index (χ4v) is 1.20. The first-order valence-electron chi connectivity index (χ1n) is 3.87. The van der Waals surface area contributed by atoms with E-state index in [4.69, 9.17) is 0 Å². The van der Waals surface area contributed by atoms with Crippen molar-refractivity contribution >= 4 is 12.2 Å². The highest BCUT2D eigenvalue weighted by Crippen LogP contribution is 2.16. The smallest absolute Gasteiger partial charge is 0.328 e. The number of ether oxygens (including phenoxy) is 1. The standard InChI is InChI=1S/C8H9N3O2/c1-13-8(12)6-5-7-9-3-2-4-11(7)10-6/h2-6,10H,1H3. The average molecular weight is 179 g/mol. The molecule has 0 amide bonds. The molecule has 68 valence electrons. The van der Waals surface area contributed by atoms with Crippen LogP contribution in [0.25, 0.3) is 0 Å². The molecule has 0 aliphatic carbocycles. The van der Waals surface area contributed by atoms with Gasteiger partial charge in [-0.3, -0.25) is 5.01 Å². The van der Waals surface area contributed by atoms with E-state index in [0.717, 1.165) is 5.82 Å². The SMILES string of the molecule is COC(=O)C1C=C2N=CC=CN2N1. The largest absolute Gasteiger partial charge is 0.468 e. The third-order valence-electron chi connectivity index (χ3n) is 1.82. The highest BCUT2D eigenvalue weighted by molar-refractivity contribution is 5.79. The van der Waals surface area contributed by atoms with Crippen LogP contribution >= 0.6 is 0 Å². The minimum absolute atomic E-state index is 0.314. The maximum atomic E-state index is 11.1. The first kappa shape index (κ1) is 8.00. The Kier molecular flexibility index (Phi) is 1.86. The normalized spacial score (nSPS) is 24.2. The number of aliphatic imine (C=N–C) groups is 1. The van der Waals surface area contributed by atoms with Crippen LogP contribution in [0.5, 0.6) is 0 Å². The summed E-state index contributed by atoms with van der Waals surface area (Å²) in [5.41, 5.74) is 2.91. The van der Waals surface area contributed by atoms with Crippen LogP contribution in [0.4, 0.5) is 0 Å². The number of carbonyl (C=O) groups is 1. The fraction of sp³-hybridized carbons (Fsp3) is 0.250. The summed E-state index contributed by atoms with van der Waals surface area (Å²) < 4.78 is 4.59. The quantitative estimate of drug-likeness (QED) is 0.566. The second-order valence-corrected chi connectivity index (χ2v) is 2.64. The molecule has 0 fully saturated rings. The molecule has 5 heteroatoms. The molecule has 0 radical (unpaired) electrons. The molecule has 1 atom stereocenters. The molecule has 0 saturated carbocycles. The Hall–Kier alpha value is -1.62. The van der Waals surface area contributed by atoms with Crippen molar-refractivity contribution in [2.45, 2.75) is 6.04 Å². The molecule has 1 unspecified atom stereocenters. The maximum absolute atomic E-state index is 11.1. The van der Waals surface area contributed by atoms with E-state index in [-0.39, 0.29) is 5.97 Å². The summed E-state index contributed by atoms with van der Waals surface area (Å²) in [5.74, 6) is 0.406. The van der Waals surface area contributed by atoms with Gasteiger partial charge in [0.15, 0.2) is 0 Å². The number of hydrogen-bond donors (Lipinski definition) is 1. The van der Waals surface area contributed by atoms with Crippen molar-refractivity contribution in [3.63, 3.8) is 0 Å². The summed E-state index contributed by atoms with van der Waals surface area (Å²) in [6.45, 7) is 0. The molecule has 0 bridgehead atoms. The molecular formula is C8H9N3O2. The third-order valence-corrected chi connectivity index (χ3v) is 1.82. The zero-order valence-corrected chi connectivity index (χ0v) is 7.10. The van der Waals surface area contributed by atoms with Crippen molar-refractivity contribution in [2.75, 3.05) is 7.11 Å². The van der Waals surface area contributed by atoms with E-state index in [0.29, 0.717) is 0 Å². The van der Waals surface area contributed by atoms with Crippen LogP contribution in [0.1, 0.15) is 0 Å². The topological polar surface area (TPSA) is 53.9 Å². The number of methoxy groups -OCH3 is 1. The number of allylic oxidation sites excluding steroid dienone is 1. The van der Waals surface area contributed by atoms with E-state index >= 15 is 0 Å². The van der Waals surface area contributed by atoms with Gasteiger partial charge in [0.25, 0.3) is 0 Å². The molecule has 0 aromatic carbocycles. The van der Waals surface area contributed by atoms with E-state index in [2.05, 4.69) is 15.2 Å². The highest BCUT2D eigenvalue weighted by Gasteiger charge is 2.27. The number of fused-ring (bicyclic) bond motifs is 1. The summed E-state index contributed by atoms with van der Waals surface area (Å²) >= 11 is 0. The van der Waals surface area contributed by atoms with Crippen molar-refractivity contribution in [3.05, 3.63) is 24.2 Å². The van der Waals surface area contributed by atoms with Gasteiger partial charge in [-0.2, -0.15) is 0 Å². The van der Waals surface area contributed by atoms with Gasteiger partial charge in [0.2, 0.25) is 0 Å². The van der Waals surface area contributed by atoms with Gasteiger partial charge in [-0.1, -0.05) is 0 Å². The van der Waals surface area contributed by atoms with Crippen LogP contribution in [0.15, 0.2) is 29.2 Å². The Bertz CT molecular complexity index is 319. The van der Waals surface area contributed by atoms with Crippen LogP contribution in [-0.2, 0) is 9.53 Å². The lowest BCUT2D eigenvalue weighted by atomic mass is 10.3. The predicted molar refractivity (Wildman–Crippen MR) is 46.5 cm³/mol. The van der Waals surface area contributed by atoms with Crippen LogP contribution in [0.3, 0.4) is 0 Å². The molecule has 2 aliphatic heterocycles. The fourth-order valence-electron chi connectivity index (χ4n) is 1.20. The Labute approximate surface area is 75.4 Å². The number of nitrogens with one attached hydrogen (secondary N) is 1. The molecular weight excluding hydrogens is 170 g/mol. The van der Waals surface area contributed by atoms with E-state index in [1.807, 2.05) is 0 Å². The third kappa shape index (κ3) is 1.33. The Morgan fingerprint density at radius 3 is 3.31 bits per heavy atom. The minimum atomic E-state index is -0.431. The van der Waals surface area contributed by atoms with E-state index < -0.39 is 6.04 Å². The van der Waals surface area contributed by atoms with Crippen LogP contribution in [-0.4, -0.2) is 30.3 Å². The predicted octanol–water partition coefficient (Wildman–Crippen LogP) is -0.212. The molecule has 5 nitrogen and oxygen atoms in total. The van der Waals surface area contributed by atoms with E-state index in [1.54, 1.807) is 29.6 Å². The van der Waals surface area contributed by atoms with Gasteiger partial charge in [0.1, 0.15) is 11.9 Å².